The zero-order chi connectivity index (χ0) is 19.6. The number of aromatic nitrogens is 2. The van der Waals surface area contributed by atoms with Gasteiger partial charge < -0.3 is 14.4 Å². The van der Waals surface area contributed by atoms with Gasteiger partial charge in [0.15, 0.2) is 11.6 Å². The van der Waals surface area contributed by atoms with Crippen LogP contribution in [0.2, 0.25) is 5.02 Å². The van der Waals surface area contributed by atoms with Crippen LogP contribution in [0, 0.1) is 5.82 Å². The van der Waals surface area contributed by atoms with Crippen LogP contribution in [0.4, 0.5) is 27.8 Å². The second kappa shape index (κ2) is 8.22. The number of nitrogens with one attached hydrogen (secondary N) is 2. The van der Waals surface area contributed by atoms with Gasteiger partial charge in [-0.3, -0.25) is 0 Å². The fraction of sp³-hybridized carbons (Fsp3) is 0.188. The number of pyridine rings is 1. The van der Waals surface area contributed by atoms with E-state index in [9.17, 15) is 22.0 Å². The second-order valence-electron chi connectivity index (χ2n) is 5.25. The average molecular weight is 424 g/mol. The summed E-state index contributed by atoms with van der Waals surface area (Å²) >= 11 is 6.96. The van der Waals surface area contributed by atoms with E-state index in [1.54, 1.807) is 0 Å². The third-order valence-corrected chi connectivity index (χ3v) is 4.73. The van der Waals surface area contributed by atoms with Gasteiger partial charge in [0.2, 0.25) is 0 Å². The number of nitrogens with zero attached hydrogens (tertiary/aromatic N) is 1. The fourth-order valence-corrected chi connectivity index (χ4v) is 3.30. The molecule has 0 atom stereocenters. The molecule has 0 radical (unpaired) electrons. The molecule has 0 unspecified atom stereocenters. The Morgan fingerprint density at radius 1 is 1.26 bits per heavy atom. The van der Waals surface area contributed by atoms with E-state index in [2.05, 4.69) is 19.4 Å². The molecule has 2 aromatic heterocycles. The van der Waals surface area contributed by atoms with Crippen LogP contribution in [-0.4, -0.2) is 23.0 Å². The van der Waals surface area contributed by atoms with Crippen LogP contribution in [0.1, 0.15) is 12.0 Å². The summed E-state index contributed by atoms with van der Waals surface area (Å²) in [6.45, 7) is -0.862. The molecule has 0 spiro atoms. The summed E-state index contributed by atoms with van der Waals surface area (Å²) in [5, 5.41) is 0.485. The predicted octanol–water partition coefficient (Wildman–Crippen LogP) is 6.06. The lowest BCUT2D eigenvalue weighted by molar-refractivity contribution is 0.0815. The zero-order valence-corrected chi connectivity index (χ0v) is 14.9. The Balaban J connectivity index is 1.74. The third kappa shape index (κ3) is 4.38. The topological polar surface area (TPSA) is 49.9 Å². The van der Waals surface area contributed by atoms with Crippen molar-refractivity contribution in [3.05, 3.63) is 47.0 Å². The summed E-state index contributed by atoms with van der Waals surface area (Å²) in [5.41, 5.74) is 0.0468. The van der Waals surface area contributed by atoms with Crippen molar-refractivity contribution >= 4 is 40.3 Å². The molecule has 2 heterocycles. The molecule has 3 rings (SSSR count). The first-order valence-electron chi connectivity index (χ1n) is 7.43. The normalized spacial score (nSPS) is 11.6. The number of aromatic amines is 1. The number of H-pyrrole nitrogens is 1. The van der Waals surface area contributed by atoms with Crippen LogP contribution in [-0.2, 0) is 0 Å². The molecule has 0 aliphatic rings. The molecule has 0 aliphatic heterocycles. The van der Waals surface area contributed by atoms with E-state index in [1.165, 1.54) is 18.3 Å². The van der Waals surface area contributed by atoms with E-state index in [4.69, 9.17) is 11.6 Å². The summed E-state index contributed by atoms with van der Waals surface area (Å²) in [6, 6.07) is 3.63. The Morgan fingerprint density at radius 3 is 2.70 bits per heavy atom. The van der Waals surface area contributed by atoms with Gasteiger partial charge in [0, 0.05) is 23.2 Å². The zero-order valence-electron chi connectivity index (χ0n) is 13.3. The molecule has 0 amide bonds. The van der Waals surface area contributed by atoms with Gasteiger partial charge in [0.1, 0.15) is 12.4 Å². The number of hydrogen-bond acceptors (Lipinski definition) is 4. The highest BCUT2D eigenvalue weighted by molar-refractivity contribution is 8.00. The van der Waals surface area contributed by atoms with Crippen LogP contribution >= 0.6 is 23.5 Å². The summed E-state index contributed by atoms with van der Waals surface area (Å²) in [5.74, 6) is -1.07. The first kappa shape index (κ1) is 19.6. The molecule has 0 fully saturated rings. The van der Waals surface area contributed by atoms with Crippen LogP contribution in [0.3, 0.4) is 0 Å². The maximum atomic E-state index is 14.0. The number of alkyl halides is 4. The number of benzene rings is 1. The first-order chi connectivity index (χ1) is 12.9. The fourth-order valence-electron chi connectivity index (χ4n) is 2.24. The molecule has 11 heteroatoms. The van der Waals surface area contributed by atoms with Gasteiger partial charge in [0.25, 0.3) is 12.9 Å². The number of halogens is 6. The number of hydrogen-bond donors (Lipinski definition) is 2. The van der Waals surface area contributed by atoms with Crippen molar-refractivity contribution in [1.82, 2.24) is 9.97 Å². The minimum atomic E-state index is -2.71. The van der Waals surface area contributed by atoms with Crippen LogP contribution in [0.15, 0.2) is 35.5 Å². The number of ether oxygens (including phenoxy) is 1. The van der Waals surface area contributed by atoms with E-state index in [0.717, 1.165) is 24.2 Å². The van der Waals surface area contributed by atoms with Crippen molar-refractivity contribution in [3.63, 3.8) is 0 Å². The molecule has 0 saturated heterocycles. The number of anilines is 1. The molecule has 3 aromatic rings. The predicted molar refractivity (Wildman–Crippen MR) is 93.4 cm³/mol. The summed E-state index contributed by atoms with van der Waals surface area (Å²) in [7, 11) is 0. The van der Waals surface area contributed by atoms with E-state index in [0.29, 0.717) is 15.8 Å². The van der Waals surface area contributed by atoms with E-state index in [1.807, 2.05) is 0 Å². The first-order valence-corrected chi connectivity index (χ1v) is 8.63. The van der Waals surface area contributed by atoms with Gasteiger partial charge in [-0.2, -0.15) is 0 Å². The Hall–Kier alpha value is -2.20. The van der Waals surface area contributed by atoms with Crippen LogP contribution in [0.5, 0.6) is 5.75 Å². The molecule has 1 aromatic carbocycles. The molecular formula is C16H11ClF5N3OS. The summed E-state index contributed by atoms with van der Waals surface area (Å²) < 4.78 is 71.3. The minimum Gasteiger partial charge on any atom is -0.486 e. The monoisotopic (exact) mass is 423 g/mol. The summed E-state index contributed by atoms with van der Waals surface area (Å²) in [4.78, 5) is 7.16. The van der Waals surface area contributed by atoms with Crippen LogP contribution < -0.4 is 9.46 Å². The van der Waals surface area contributed by atoms with Crippen molar-refractivity contribution < 1.29 is 26.7 Å². The lowest BCUT2D eigenvalue weighted by atomic mass is 10.1. The lowest BCUT2D eigenvalue weighted by Gasteiger charge is -2.08. The standard InChI is InChI=1S/C16H11ClF5N3OS/c17-13-9(15(21)22)2-1-8-11(5-23-14(8)13)27-25-16-10(18)3-7(4-24-16)26-6-12(19)20/h1-5,12,15,23H,6H2,(H,24,25). The average Bonchev–Trinajstić information content (AvgIpc) is 3.03. The lowest BCUT2D eigenvalue weighted by Crippen LogP contribution is -2.07. The SMILES string of the molecule is Fc1cc(OCC(F)F)cnc1NSc1c[nH]c2c(Cl)c(C(F)F)ccc12. The van der Waals surface area contributed by atoms with E-state index >= 15 is 0 Å². The number of rotatable bonds is 7. The number of fused-ring (bicyclic) bond motifs is 1. The minimum absolute atomic E-state index is 0.0841. The Morgan fingerprint density at radius 2 is 2.04 bits per heavy atom. The summed E-state index contributed by atoms with van der Waals surface area (Å²) in [6.07, 6.45) is -2.75. The van der Waals surface area contributed by atoms with E-state index in [-0.39, 0.29) is 22.2 Å². The third-order valence-electron chi connectivity index (χ3n) is 3.47. The van der Waals surface area contributed by atoms with Gasteiger partial charge in [-0.1, -0.05) is 23.7 Å². The molecule has 4 nitrogen and oxygen atoms in total. The second-order valence-corrected chi connectivity index (χ2v) is 6.48. The Labute approximate surface area is 159 Å². The Bertz CT molecular complexity index is 953. The molecule has 144 valence electrons. The quantitative estimate of drug-likeness (QED) is 0.358. The highest BCUT2D eigenvalue weighted by Gasteiger charge is 2.17. The van der Waals surface area contributed by atoms with Gasteiger partial charge in [-0.05, 0) is 11.9 Å². The van der Waals surface area contributed by atoms with Crippen molar-refractivity contribution in [2.24, 2.45) is 0 Å². The van der Waals surface area contributed by atoms with Crippen molar-refractivity contribution in [2.45, 2.75) is 17.7 Å². The Kier molecular flexibility index (Phi) is 5.95. The van der Waals surface area contributed by atoms with Gasteiger partial charge in [-0.25, -0.2) is 26.9 Å². The highest BCUT2D eigenvalue weighted by atomic mass is 35.5. The molecule has 0 aliphatic carbocycles. The molecule has 0 bridgehead atoms. The molecular weight excluding hydrogens is 413 g/mol. The molecule has 2 N–H and O–H groups in total. The smallest absolute Gasteiger partial charge is 0.272 e. The maximum Gasteiger partial charge on any atom is 0.272 e. The van der Waals surface area contributed by atoms with Crippen LogP contribution in [0.25, 0.3) is 10.9 Å². The molecule has 27 heavy (non-hydrogen) atoms. The van der Waals surface area contributed by atoms with Gasteiger partial charge in [0.05, 0.1) is 21.6 Å². The maximum absolute atomic E-state index is 14.0. The van der Waals surface area contributed by atoms with Crippen molar-refractivity contribution in [2.75, 3.05) is 11.3 Å². The van der Waals surface area contributed by atoms with Gasteiger partial charge >= 0.3 is 0 Å². The highest BCUT2D eigenvalue weighted by Crippen LogP contribution is 2.37. The van der Waals surface area contributed by atoms with Gasteiger partial charge in [-0.15, -0.1) is 0 Å². The van der Waals surface area contributed by atoms with Crippen molar-refractivity contribution in [1.29, 1.82) is 0 Å². The molecule has 0 saturated carbocycles. The van der Waals surface area contributed by atoms with E-state index < -0.39 is 25.3 Å². The largest absolute Gasteiger partial charge is 0.486 e. The van der Waals surface area contributed by atoms with Crippen molar-refractivity contribution in [3.8, 4) is 5.75 Å².